The van der Waals surface area contributed by atoms with Gasteiger partial charge in [-0.25, -0.2) is 9.78 Å². The number of aryl methyl sites for hydroxylation is 1. The van der Waals surface area contributed by atoms with Crippen LogP contribution < -0.4 is 15.5 Å². The first-order valence-electron chi connectivity index (χ1n) is 12.4. The average Bonchev–Trinajstić information content (AvgIpc) is 3.31. The zero-order valence-electron chi connectivity index (χ0n) is 21.0. The van der Waals surface area contributed by atoms with Gasteiger partial charge in [-0.2, -0.15) is 18.2 Å². The number of nitrogens with one attached hydrogen (secondary N) is 2. The van der Waals surface area contributed by atoms with E-state index in [0.29, 0.717) is 56.6 Å². The maximum absolute atomic E-state index is 12.8. The van der Waals surface area contributed by atoms with E-state index < -0.39 is 30.7 Å². The Bertz CT molecular complexity index is 1090. The molecule has 0 spiro atoms. The molecule has 2 aliphatic heterocycles. The molecule has 3 heterocycles. The molecule has 2 amide bonds. The van der Waals surface area contributed by atoms with Gasteiger partial charge in [0.2, 0.25) is 5.95 Å². The number of aromatic nitrogens is 2. The van der Waals surface area contributed by atoms with Crippen LogP contribution in [0.15, 0.2) is 24.3 Å². The number of rotatable bonds is 7. The zero-order valence-corrected chi connectivity index (χ0v) is 21.0. The molecule has 1 unspecified atom stereocenters. The molecule has 37 heavy (non-hydrogen) atoms. The van der Waals surface area contributed by atoms with E-state index in [1.165, 1.54) is 4.90 Å². The lowest BCUT2D eigenvalue weighted by Crippen LogP contribution is -2.37. The molecule has 2 saturated heterocycles. The smallest absolute Gasteiger partial charge is 0.389 e. The minimum absolute atomic E-state index is 0.0805. The number of anilines is 3. The van der Waals surface area contributed by atoms with E-state index in [9.17, 15) is 23.1 Å². The second-order valence-electron chi connectivity index (χ2n) is 9.64. The van der Waals surface area contributed by atoms with Gasteiger partial charge in [-0.15, -0.1) is 0 Å². The van der Waals surface area contributed by atoms with Gasteiger partial charge in [0.15, 0.2) is 0 Å². The Hall–Kier alpha value is -3.12. The van der Waals surface area contributed by atoms with E-state index in [0.717, 1.165) is 16.9 Å². The maximum atomic E-state index is 12.8. The molecule has 2 fully saturated rings. The minimum atomic E-state index is -4.23. The third-order valence-electron chi connectivity index (χ3n) is 6.46. The summed E-state index contributed by atoms with van der Waals surface area (Å²) >= 11 is 0. The predicted octanol–water partition coefficient (Wildman–Crippen LogP) is 3.89. The van der Waals surface area contributed by atoms with Crippen molar-refractivity contribution in [1.29, 1.82) is 0 Å². The zero-order chi connectivity index (χ0) is 26.6. The summed E-state index contributed by atoms with van der Waals surface area (Å²) in [5.41, 5.74) is 2.88. The number of aliphatic hydroxyl groups excluding tert-OH is 1. The summed E-state index contributed by atoms with van der Waals surface area (Å²) in [6, 6.07) is 6.89. The Morgan fingerprint density at radius 3 is 2.68 bits per heavy atom. The fraction of sp³-hybridized carbons (Fsp3) is 0.560. The molecule has 0 radical (unpaired) electrons. The van der Waals surface area contributed by atoms with Crippen LogP contribution in [0.2, 0.25) is 0 Å². The fourth-order valence-electron chi connectivity index (χ4n) is 4.53. The number of benzene rings is 1. The summed E-state index contributed by atoms with van der Waals surface area (Å²) < 4.78 is 43.7. The number of aliphatic hydroxyl groups is 1. The van der Waals surface area contributed by atoms with Crippen molar-refractivity contribution in [2.24, 2.45) is 5.92 Å². The number of carbonyl (C=O) groups is 1. The van der Waals surface area contributed by atoms with E-state index >= 15 is 0 Å². The second-order valence-corrected chi connectivity index (χ2v) is 9.64. The van der Waals surface area contributed by atoms with Crippen molar-refractivity contribution in [3.63, 3.8) is 0 Å². The van der Waals surface area contributed by atoms with Crippen LogP contribution in [-0.2, 0) is 4.74 Å². The summed E-state index contributed by atoms with van der Waals surface area (Å²) in [6.07, 6.45) is -5.36. The van der Waals surface area contributed by atoms with Crippen LogP contribution in [0.3, 0.4) is 0 Å². The van der Waals surface area contributed by atoms with Crippen molar-refractivity contribution < 1.29 is 27.8 Å². The molecular formula is C25H33F3N6O3. The largest absolute Gasteiger partial charge is 0.392 e. The van der Waals surface area contributed by atoms with Gasteiger partial charge < -0.3 is 30.3 Å². The lowest BCUT2D eigenvalue weighted by Gasteiger charge is -2.28. The standard InChI is InChI=1S/C25H33F3N6O3/c1-16-3-4-19(30-24(36)34-6-5-18(15-34)13-25(26,27)28)11-20(16)21-12-22(33-7-9-37-10-8-33)32-23(31-21)29-14-17(2)35/h3-4,11-12,17-18,35H,5-10,13-15H2,1-2H3,(H,30,36)(H,29,31,32)/t17?,18-/m0/s1. The van der Waals surface area contributed by atoms with Gasteiger partial charge >= 0.3 is 12.2 Å². The molecule has 2 atom stereocenters. The predicted molar refractivity (Wildman–Crippen MR) is 135 cm³/mol. The van der Waals surface area contributed by atoms with Crippen LogP contribution in [0, 0.1) is 12.8 Å². The summed E-state index contributed by atoms with van der Waals surface area (Å²) in [5, 5.41) is 15.6. The van der Waals surface area contributed by atoms with Gasteiger partial charge in [-0.05, 0) is 43.9 Å². The van der Waals surface area contributed by atoms with Crippen LogP contribution in [0.4, 0.5) is 35.4 Å². The number of amides is 2. The Balaban J connectivity index is 1.54. The molecule has 3 N–H and O–H groups in total. The minimum Gasteiger partial charge on any atom is -0.392 e. The first-order chi connectivity index (χ1) is 17.6. The van der Waals surface area contributed by atoms with Crippen molar-refractivity contribution in [1.82, 2.24) is 14.9 Å². The molecule has 2 aromatic rings. The SMILES string of the molecule is Cc1ccc(NC(=O)N2CC[C@@H](CC(F)(F)F)C2)cc1-c1cc(N2CCOCC2)nc(NCC(C)O)n1. The van der Waals surface area contributed by atoms with Crippen molar-refractivity contribution in [3.05, 3.63) is 29.8 Å². The molecule has 4 rings (SSSR count). The van der Waals surface area contributed by atoms with Crippen LogP contribution in [-0.4, -0.2) is 84.2 Å². The number of alkyl halides is 3. The topological polar surface area (TPSA) is 103 Å². The molecule has 202 valence electrons. The quantitative estimate of drug-likeness (QED) is 0.507. The Morgan fingerprint density at radius 2 is 1.97 bits per heavy atom. The van der Waals surface area contributed by atoms with Crippen LogP contribution in [0.5, 0.6) is 0 Å². The first-order valence-corrected chi connectivity index (χ1v) is 12.4. The molecular weight excluding hydrogens is 489 g/mol. The third-order valence-corrected chi connectivity index (χ3v) is 6.46. The number of halogens is 3. The second kappa shape index (κ2) is 11.5. The number of ether oxygens (including phenoxy) is 1. The number of nitrogens with zero attached hydrogens (tertiary/aromatic N) is 4. The van der Waals surface area contributed by atoms with E-state index in [1.807, 2.05) is 19.1 Å². The number of carbonyl (C=O) groups excluding carboxylic acids is 1. The van der Waals surface area contributed by atoms with E-state index in [1.54, 1.807) is 19.1 Å². The lowest BCUT2D eigenvalue weighted by molar-refractivity contribution is -0.143. The molecule has 0 aliphatic carbocycles. The van der Waals surface area contributed by atoms with E-state index in [-0.39, 0.29) is 13.1 Å². The number of morpholine rings is 1. The average molecular weight is 523 g/mol. The van der Waals surface area contributed by atoms with Crippen molar-refractivity contribution >= 4 is 23.5 Å². The molecule has 0 saturated carbocycles. The molecule has 1 aromatic carbocycles. The monoisotopic (exact) mass is 522 g/mol. The molecule has 12 heteroatoms. The van der Waals surface area contributed by atoms with Gasteiger partial charge in [0.1, 0.15) is 5.82 Å². The Labute approximate surface area is 214 Å². The molecule has 2 aliphatic rings. The van der Waals surface area contributed by atoms with Crippen LogP contribution in [0.25, 0.3) is 11.3 Å². The molecule has 0 bridgehead atoms. The van der Waals surface area contributed by atoms with Crippen molar-refractivity contribution in [2.75, 3.05) is 61.5 Å². The fourth-order valence-corrected chi connectivity index (χ4v) is 4.53. The summed E-state index contributed by atoms with van der Waals surface area (Å²) in [4.78, 5) is 25.6. The third kappa shape index (κ3) is 7.45. The van der Waals surface area contributed by atoms with Crippen molar-refractivity contribution in [2.45, 2.75) is 39.0 Å². The van der Waals surface area contributed by atoms with Gasteiger partial charge in [0.25, 0.3) is 0 Å². The van der Waals surface area contributed by atoms with Crippen molar-refractivity contribution in [3.8, 4) is 11.3 Å². The van der Waals surface area contributed by atoms with E-state index in [4.69, 9.17) is 4.74 Å². The normalized spacial score (nSPS) is 19.1. The highest BCUT2D eigenvalue weighted by Crippen LogP contribution is 2.32. The Morgan fingerprint density at radius 1 is 1.22 bits per heavy atom. The van der Waals surface area contributed by atoms with Crippen LogP contribution in [0.1, 0.15) is 25.3 Å². The van der Waals surface area contributed by atoms with E-state index in [2.05, 4.69) is 25.5 Å². The number of hydrogen-bond acceptors (Lipinski definition) is 7. The summed E-state index contributed by atoms with van der Waals surface area (Å²) in [7, 11) is 0. The van der Waals surface area contributed by atoms with Gasteiger partial charge in [-0.1, -0.05) is 6.07 Å². The van der Waals surface area contributed by atoms with Gasteiger partial charge in [-0.3, -0.25) is 0 Å². The number of hydrogen-bond donors (Lipinski definition) is 3. The summed E-state index contributed by atoms with van der Waals surface area (Å²) in [5.74, 6) is 0.524. The first kappa shape index (κ1) is 26.9. The lowest BCUT2D eigenvalue weighted by atomic mass is 10.0. The van der Waals surface area contributed by atoms with Gasteiger partial charge in [0.05, 0.1) is 25.0 Å². The highest BCUT2D eigenvalue weighted by molar-refractivity contribution is 5.90. The molecule has 1 aromatic heterocycles. The number of urea groups is 1. The van der Waals surface area contributed by atoms with Gasteiger partial charge in [0, 0.05) is 56.5 Å². The molecule has 9 nitrogen and oxygen atoms in total. The summed E-state index contributed by atoms with van der Waals surface area (Å²) in [6.45, 7) is 6.82. The highest BCUT2D eigenvalue weighted by atomic mass is 19.4. The highest BCUT2D eigenvalue weighted by Gasteiger charge is 2.36. The number of likely N-dealkylation sites (tertiary alicyclic amines) is 1. The van der Waals surface area contributed by atoms with Crippen LogP contribution >= 0.6 is 0 Å². The Kier molecular flexibility index (Phi) is 8.38. The maximum Gasteiger partial charge on any atom is 0.389 e.